The lowest BCUT2D eigenvalue weighted by Gasteiger charge is -2.34. The van der Waals surface area contributed by atoms with Crippen molar-refractivity contribution >= 4 is 29.3 Å². The van der Waals surface area contributed by atoms with Gasteiger partial charge in [-0.15, -0.1) is 5.10 Å². The topological polar surface area (TPSA) is 101 Å². The average Bonchev–Trinajstić information content (AvgIpc) is 3.21. The number of ether oxygens (including phenoxy) is 1. The van der Waals surface area contributed by atoms with Gasteiger partial charge in [0.25, 0.3) is 11.8 Å². The molecule has 2 heterocycles. The van der Waals surface area contributed by atoms with Gasteiger partial charge in [0.1, 0.15) is 12.3 Å². The molecular formula is C19H23ClN6O4. The van der Waals surface area contributed by atoms with Crippen LogP contribution in [0.4, 0.5) is 0 Å². The van der Waals surface area contributed by atoms with Crippen LogP contribution in [0.2, 0.25) is 5.02 Å². The fourth-order valence-electron chi connectivity index (χ4n) is 2.84. The molecule has 30 heavy (non-hydrogen) atoms. The van der Waals surface area contributed by atoms with Gasteiger partial charge in [-0.3, -0.25) is 14.4 Å². The van der Waals surface area contributed by atoms with E-state index in [1.165, 1.54) is 15.8 Å². The van der Waals surface area contributed by atoms with E-state index in [-0.39, 0.29) is 36.6 Å². The van der Waals surface area contributed by atoms with Gasteiger partial charge < -0.3 is 19.4 Å². The normalized spacial score (nSPS) is 13.8. The van der Waals surface area contributed by atoms with E-state index < -0.39 is 0 Å². The van der Waals surface area contributed by atoms with Crippen LogP contribution in [0, 0.1) is 0 Å². The summed E-state index contributed by atoms with van der Waals surface area (Å²) in [5.74, 6) is -0.00231. The predicted octanol–water partition coefficient (Wildman–Crippen LogP) is 0.383. The number of aromatic nitrogens is 3. The van der Waals surface area contributed by atoms with Crippen molar-refractivity contribution in [3.63, 3.8) is 0 Å². The first-order valence-corrected chi connectivity index (χ1v) is 9.77. The molecule has 0 atom stereocenters. The summed E-state index contributed by atoms with van der Waals surface area (Å²) in [5.41, 5.74) is 0.174. The molecule has 0 bridgehead atoms. The number of likely N-dealkylation sites (N-methyl/N-ethyl adjacent to an activating group) is 1. The summed E-state index contributed by atoms with van der Waals surface area (Å²) in [4.78, 5) is 41.4. The molecule has 1 fully saturated rings. The Kier molecular flexibility index (Phi) is 6.88. The Morgan fingerprint density at radius 2 is 1.70 bits per heavy atom. The fourth-order valence-corrected chi connectivity index (χ4v) is 2.97. The lowest BCUT2D eigenvalue weighted by Crippen LogP contribution is -2.51. The molecule has 3 amide bonds. The molecule has 11 heteroatoms. The summed E-state index contributed by atoms with van der Waals surface area (Å²) in [6.45, 7) is 1.51. The van der Waals surface area contributed by atoms with E-state index in [4.69, 9.17) is 16.3 Å². The van der Waals surface area contributed by atoms with Gasteiger partial charge >= 0.3 is 0 Å². The number of rotatable bonds is 6. The molecule has 0 N–H and O–H groups in total. The van der Waals surface area contributed by atoms with Crippen LogP contribution in [0.15, 0.2) is 30.5 Å². The number of piperazine rings is 1. The minimum Gasteiger partial charge on any atom is -0.484 e. The maximum atomic E-state index is 12.6. The van der Waals surface area contributed by atoms with Crippen molar-refractivity contribution in [1.29, 1.82) is 0 Å². The maximum Gasteiger partial charge on any atom is 0.276 e. The second-order valence-electron chi connectivity index (χ2n) is 7.01. The predicted molar refractivity (Wildman–Crippen MR) is 108 cm³/mol. The number of carbonyl (C=O) groups is 3. The van der Waals surface area contributed by atoms with Crippen LogP contribution in [0.25, 0.3) is 0 Å². The summed E-state index contributed by atoms with van der Waals surface area (Å²) in [5, 5.41) is 8.30. The molecule has 1 aliphatic heterocycles. The minimum atomic E-state index is -0.275. The quantitative estimate of drug-likeness (QED) is 0.651. The fraction of sp³-hybridized carbons (Fsp3) is 0.421. The number of benzene rings is 1. The Hall–Kier alpha value is -3.14. The van der Waals surface area contributed by atoms with Gasteiger partial charge in [0.2, 0.25) is 5.91 Å². The number of hydrogen-bond acceptors (Lipinski definition) is 6. The van der Waals surface area contributed by atoms with Crippen LogP contribution in [0.1, 0.15) is 10.5 Å². The van der Waals surface area contributed by atoms with Crippen LogP contribution in [-0.2, 0) is 16.1 Å². The highest BCUT2D eigenvalue weighted by molar-refractivity contribution is 6.30. The zero-order chi connectivity index (χ0) is 21.7. The van der Waals surface area contributed by atoms with Crippen LogP contribution in [0.5, 0.6) is 5.75 Å². The van der Waals surface area contributed by atoms with E-state index in [2.05, 4.69) is 10.3 Å². The average molecular weight is 435 g/mol. The van der Waals surface area contributed by atoms with E-state index in [1.54, 1.807) is 48.2 Å². The molecular weight excluding hydrogens is 412 g/mol. The molecule has 0 saturated carbocycles. The van der Waals surface area contributed by atoms with Crippen LogP contribution in [0.3, 0.4) is 0 Å². The summed E-state index contributed by atoms with van der Waals surface area (Å²) in [7, 11) is 3.29. The standard InChI is InChI=1S/C19H23ClN6O4/c1-23(2)17(27)12-26-11-16(21-22-26)19(29)25-9-7-24(8-10-25)18(28)13-30-15-5-3-14(20)4-6-15/h3-6,11H,7-10,12-13H2,1-2H3. The molecule has 1 aliphatic rings. The van der Waals surface area contributed by atoms with Crippen molar-refractivity contribution in [2.75, 3.05) is 46.9 Å². The largest absolute Gasteiger partial charge is 0.484 e. The lowest BCUT2D eigenvalue weighted by molar-refractivity contribution is -0.134. The van der Waals surface area contributed by atoms with Gasteiger partial charge in [-0.1, -0.05) is 16.8 Å². The number of halogens is 1. The number of nitrogens with zero attached hydrogens (tertiary/aromatic N) is 6. The van der Waals surface area contributed by atoms with Gasteiger partial charge in [-0.25, -0.2) is 4.68 Å². The first kappa shape index (κ1) is 21.6. The third kappa shape index (κ3) is 5.47. The van der Waals surface area contributed by atoms with Gasteiger partial charge in [0.05, 0.1) is 6.20 Å². The Bertz CT molecular complexity index is 906. The van der Waals surface area contributed by atoms with E-state index in [1.807, 2.05) is 0 Å². The second-order valence-corrected chi connectivity index (χ2v) is 7.44. The summed E-state index contributed by atoms with van der Waals surface area (Å²) in [6.07, 6.45) is 1.46. The highest BCUT2D eigenvalue weighted by Crippen LogP contribution is 2.15. The van der Waals surface area contributed by atoms with E-state index in [0.29, 0.717) is 37.0 Å². The summed E-state index contributed by atoms with van der Waals surface area (Å²) < 4.78 is 6.83. The number of amides is 3. The SMILES string of the molecule is CN(C)C(=O)Cn1cc(C(=O)N2CCN(C(=O)COc3ccc(Cl)cc3)CC2)nn1. The minimum absolute atomic E-state index is 0.0170. The molecule has 0 radical (unpaired) electrons. The maximum absolute atomic E-state index is 12.6. The smallest absolute Gasteiger partial charge is 0.276 e. The molecule has 3 rings (SSSR count). The van der Waals surface area contributed by atoms with Gasteiger partial charge in [0, 0.05) is 45.3 Å². The van der Waals surface area contributed by atoms with Gasteiger partial charge in [-0.2, -0.15) is 0 Å². The van der Waals surface area contributed by atoms with Crippen LogP contribution < -0.4 is 4.74 Å². The zero-order valence-electron chi connectivity index (χ0n) is 16.8. The number of hydrogen-bond donors (Lipinski definition) is 0. The zero-order valence-corrected chi connectivity index (χ0v) is 17.6. The molecule has 1 saturated heterocycles. The Morgan fingerprint density at radius 3 is 2.33 bits per heavy atom. The number of carbonyl (C=O) groups excluding carboxylic acids is 3. The van der Waals surface area contributed by atoms with Crippen molar-refractivity contribution in [2.45, 2.75) is 6.54 Å². The highest BCUT2D eigenvalue weighted by atomic mass is 35.5. The Balaban J connectivity index is 1.47. The lowest BCUT2D eigenvalue weighted by atomic mass is 10.3. The highest BCUT2D eigenvalue weighted by Gasteiger charge is 2.26. The van der Waals surface area contributed by atoms with Crippen molar-refractivity contribution in [2.24, 2.45) is 0 Å². The molecule has 1 aromatic carbocycles. The van der Waals surface area contributed by atoms with Gasteiger partial charge in [0.15, 0.2) is 12.3 Å². The molecule has 0 spiro atoms. The summed E-state index contributed by atoms with van der Waals surface area (Å²) in [6, 6.07) is 6.79. The van der Waals surface area contributed by atoms with Crippen LogP contribution in [-0.4, -0.2) is 94.3 Å². The Morgan fingerprint density at radius 1 is 1.07 bits per heavy atom. The third-order valence-corrected chi connectivity index (χ3v) is 4.90. The van der Waals surface area contributed by atoms with E-state index >= 15 is 0 Å². The van der Waals surface area contributed by atoms with Crippen molar-refractivity contribution < 1.29 is 19.1 Å². The van der Waals surface area contributed by atoms with Crippen LogP contribution >= 0.6 is 11.6 Å². The monoisotopic (exact) mass is 434 g/mol. The molecule has 2 aromatic rings. The van der Waals surface area contributed by atoms with Crippen molar-refractivity contribution in [3.8, 4) is 5.75 Å². The molecule has 0 unspecified atom stereocenters. The van der Waals surface area contributed by atoms with Gasteiger partial charge in [-0.05, 0) is 24.3 Å². The third-order valence-electron chi connectivity index (χ3n) is 4.65. The van der Waals surface area contributed by atoms with Crippen molar-refractivity contribution in [1.82, 2.24) is 29.7 Å². The van der Waals surface area contributed by atoms with E-state index in [9.17, 15) is 14.4 Å². The van der Waals surface area contributed by atoms with E-state index in [0.717, 1.165) is 0 Å². The first-order chi connectivity index (χ1) is 14.3. The first-order valence-electron chi connectivity index (χ1n) is 9.39. The molecule has 0 aliphatic carbocycles. The molecule has 10 nitrogen and oxygen atoms in total. The van der Waals surface area contributed by atoms with Crippen molar-refractivity contribution in [3.05, 3.63) is 41.2 Å². The second kappa shape index (κ2) is 9.57. The molecule has 1 aromatic heterocycles. The summed E-state index contributed by atoms with van der Waals surface area (Å²) >= 11 is 5.83. The molecule has 160 valence electrons. The Labute approximate surface area is 178 Å².